The van der Waals surface area contributed by atoms with Crippen LogP contribution in [-0.2, 0) is 6.54 Å². The number of nitrogens with zero attached hydrogens (tertiary/aromatic N) is 1. The van der Waals surface area contributed by atoms with Gasteiger partial charge in [-0.3, -0.25) is 4.79 Å². The molecule has 0 bridgehead atoms. The Hall–Kier alpha value is -2.95. The van der Waals surface area contributed by atoms with Crippen molar-refractivity contribution in [1.29, 1.82) is 0 Å². The lowest BCUT2D eigenvalue weighted by molar-refractivity contribution is 0.0925. The number of methoxy groups -OCH3 is 1. The second-order valence-electron chi connectivity index (χ2n) is 5.73. The van der Waals surface area contributed by atoms with E-state index in [0.29, 0.717) is 17.9 Å². The monoisotopic (exact) mass is 324 g/mol. The highest BCUT2D eigenvalue weighted by Crippen LogP contribution is 2.28. The molecule has 24 heavy (non-hydrogen) atoms. The van der Waals surface area contributed by atoms with Crippen LogP contribution in [0, 0.1) is 0 Å². The summed E-state index contributed by atoms with van der Waals surface area (Å²) in [5.74, 6) is 0.648. The first-order valence-electron chi connectivity index (χ1n) is 7.69. The van der Waals surface area contributed by atoms with Crippen LogP contribution in [0.15, 0.2) is 52.9 Å². The van der Waals surface area contributed by atoms with Gasteiger partial charge in [-0.15, -0.1) is 0 Å². The van der Waals surface area contributed by atoms with Crippen LogP contribution >= 0.6 is 0 Å². The quantitative estimate of drug-likeness (QED) is 0.781. The number of amides is 1. The van der Waals surface area contributed by atoms with Gasteiger partial charge in [0.25, 0.3) is 5.91 Å². The maximum Gasteiger partial charge on any atom is 0.287 e. The molecule has 0 saturated heterocycles. The van der Waals surface area contributed by atoms with Crippen LogP contribution in [0.1, 0.15) is 16.1 Å². The Kier molecular flexibility index (Phi) is 4.42. The molecule has 124 valence electrons. The normalized spacial score (nSPS) is 10.6. The van der Waals surface area contributed by atoms with Crippen molar-refractivity contribution in [3.63, 3.8) is 0 Å². The molecule has 0 unspecified atom stereocenters. The number of hydrogen-bond acceptors (Lipinski definition) is 4. The highest BCUT2D eigenvalue weighted by Gasteiger charge is 2.14. The van der Waals surface area contributed by atoms with Gasteiger partial charge in [-0.05, 0) is 29.8 Å². The van der Waals surface area contributed by atoms with Crippen LogP contribution in [0.2, 0.25) is 0 Å². The predicted octanol–water partition coefficient (Wildman–Crippen LogP) is 3.44. The van der Waals surface area contributed by atoms with Gasteiger partial charge in [0.1, 0.15) is 0 Å². The Labute approximate surface area is 140 Å². The lowest BCUT2D eigenvalue weighted by atomic mass is 10.2. The van der Waals surface area contributed by atoms with E-state index in [-0.39, 0.29) is 11.7 Å². The Bertz CT molecular complexity index is 851. The number of benzene rings is 2. The van der Waals surface area contributed by atoms with Crippen molar-refractivity contribution < 1.29 is 13.9 Å². The number of ether oxygens (including phenoxy) is 1. The van der Waals surface area contributed by atoms with E-state index in [0.717, 1.165) is 16.6 Å². The molecular formula is C19H20N2O3. The fraction of sp³-hybridized carbons (Fsp3) is 0.211. The minimum absolute atomic E-state index is 0.245. The van der Waals surface area contributed by atoms with Gasteiger partial charge in [0.15, 0.2) is 17.1 Å². The van der Waals surface area contributed by atoms with Gasteiger partial charge >= 0.3 is 0 Å². The molecule has 1 amide bonds. The molecule has 1 aromatic heterocycles. The van der Waals surface area contributed by atoms with Crippen molar-refractivity contribution in [3.8, 4) is 5.75 Å². The lowest BCUT2D eigenvalue weighted by Crippen LogP contribution is -2.22. The number of rotatable bonds is 5. The van der Waals surface area contributed by atoms with Crippen LogP contribution in [0.5, 0.6) is 5.75 Å². The summed E-state index contributed by atoms with van der Waals surface area (Å²) in [6.45, 7) is 0.445. The second kappa shape index (κ2) is 6.66. The molecule has 0 atom stereocenters. The number of anilines is 1. The Morgan fingerprint density at radius 2 is 1.92 bits per heavy atom. The largest absolute Gasteiger partial charge is 0.493 e. The smallest absolute Gasteiger partial charge is 0.287 e. The van der Waals surface area contributed by atoms with Gasteiger partial charge in [-0.1, -0.05) is 24.3 Å². The van der Waals surface area contributed by atoms with Gasteiger partial charge in [-0.2, -0.15) is 0 Å². The summed E-state index contributed by atoms with van der Waals surface area (Å²) < 4.78 is 10.9. The standard InChI is InChI=1S/C19H20N2O3/c1-21(2)15-9-7-13(8-10-15)12-20-19(22)17-11-14-5-4-6-16(23-3)18(14)24-17/h4-11H,12H2,1-3H3,(H,20,22). The Balaban J connectivity index is 1.71. The van der Waals surface area contributed by atoms with E-state index < -0.39 is 0 Å². The number of fused-ring (bicyclic) bond motifs is 1. The summed E-state index contributed by atoms with van der Waals surface area (Å²) in [4.78, 5) is 14.3. The average molecular weight is 324 g/mol. The van der Waals surface area contributed by atoms with Gasteiger partial charge in [0.05, 0.1) is 7.11 Å². The summed E-state index contributed by atoms with van der Waals surface area (Å²) in [7, 11) is 5.56. The highest BCUT2D eigenvalue weighted by molar-refractivity contribution is 5.97. The molecule has 5 heteroatoms. The molecule has 3 aromatic rings. The van der Waals surface area contributed by atoms with E-state index in [4.69, 9.17) is 9.15 Å². The molecule has 1 N–H and O–H groups in total. The number of furan rings is 1. The third-order valence-corrected chi connectivity index (χ3v) is 3.86. The molecule has 2 aromatic carbocycles. The van der Waals surface area contributed by atoms with Crippen LogP contribution in [0.4, 0.5) is 5.69 Å². The summed E-state index contributed by atoms with van der Waals surface area (Å²) in [5, 5.41) is 3.72. The summed E-state index contributed by atoms with van der Waals surface area (Å²) >= 11 is 0. The molecule has 5 nitrogen and oxygen atoms in total. The second-order valence-corrected chi connectivity index (χ2v) is 5.73. The van der Waals surface area contributed by atoms with Crippen molar-refractivity contribution in [2.45, 2.75) is 6.54 Å². The van der Waals surface area contributed by atoms with Crippen LogP contribution in [0.3, 0.4) is 0 Å². The molecule has 0 aliphatic heterocycles. The van der Waals surface area contributed by atoms with E-state index in [9.17, 15) is 4.79 Å². The summed E-state index contributed by atoms with van der Waals surface area (Å²) in [6, 6.07) is 15.3. The minimum atomic E-state index is -0.245. The third-order valence-electron chi connectivity index (χ3n) is 3.86. The van der Waals surface area contributed by atoms with Crippen molar-refractivity contribution in [2.24, 2.45) is 0 Å². The molecule has 1 heterocycles. The van der Waals surface area contributed by atoms with Crippen LogP contribution < -0.4 is 15.0 Å². The SMILES string of the molecule is COc1cccc2cc(C(=O)NCc3ccc(N(C)C)cc3)oc12. The van der Waals surface area contributed by atoms with Gasteiger partial charge in [0, 0.05) is 31.7 Å². The zero-order valence-electron chi connectivity index (χ0n) is 14.0. The molecule has 0 radical (unpaired) electrons. The Morgan fingerprint density at radius 1 is 1.17 bits per heavy atom. The Morgan fingerprint density at radius 3 is 2.58 bits per heavy atom. The first-order valence-corrected chi connectivity index (χ1v) is 7.69. The van der Waals surface area contributed by atoms with Gasteiger partial charge in [0.2, 0.25) is 0 Å². The van der Waals surface area contributed by atoms with E-state index in [1.807, 2.05) is 55.4 Å². The first-order chi connectivity index (χ1) is 11.6. The average Bonchev–Trinajstić information content (AvgIpc) is 3.04. The summed E-state index contributed by atoms with van der Waals surface area (Å²) in [5.41, 5.74) is 2.73. The highest BCUT2D eigenvalue weighted by atomic mass is 16.5. The number of carbonyl (C=O) groups is 1. The molecule has 0 saturated carbocycles. The number of carbonyl (C=O) groups excluding carboxylic acids is 1. The number of para-hydroxylation sites is 1. The van der Waals surface area contributed by atoms with E-state index >= 15 is 0 Å². The first kappa shape index (κ1) is 15.9. The van der Waals surface area contributed by atoms with E-state index in [2.05, 4.69) is 5.32 Å². The fourth-order valence-electron chi connectivity index (χ4n) is 2.49. The molecule has 0 spiro atoms. The van der Waals surface area contributed by atoms with Crippen molar-refractivity contribution >= 4 is 22.6 Å². The van der Waals surface area contributed by atoms with Gasteiger partial charge < -0.3 is 19.4 Å². The molecule has 0 aliphatic carbocycles. The molecule has 0 aliphatic rings. The molecular weight excluding hydrogens is 304 g/mol. The molecule has 3 rings (SSSR count). The maximum atomic E-state index is 12.3. The zero-order valence-corrected chi connectivity index (χ0v) is 14.0. The van der Waals surface area contributed by atoms with Crippen molar-refractivity contribution in [1.82, 2.24) is 5.32 Å². The number of hydrogen-bond donors (Lipinski definition) is 1. The predicted molar refractivity (Wildman–Crippen MR) is 94.7 cm³/mol. The fourth-order valence-corrected chi connectivity index (χ4v) is 2.49. The minimum Gasteiger partial charge on any atom is -0.493 e. The van der Waals surface area contributed by atoms with Crippen LogP contribution in [-0.4, -0.2) is 27.1 Å². The maximum absolute atomic E-state index is 12.3. The molecule has 0 fully saturated rings. The number of nitrogens with one attached hydrogen (secondary N) is 1. The van der Waals surface area contributed by atoms with E-state index in [1.165, 1.54) is 0 Å². The van der Waals surface area contributed by atoms with E-state index in [1.54, 1.807) is 19.2 Å². The van der Waals surface area contributed by atoms with Crippen LogP contribution in [0.25, 0.3) is 11.0 Å². The van der Waals surface area contributed by atoms with Crippen molar-refractivity contribution in [3.05, 3.63) is 59.9 Å². The summed E-state index contributed by atoms with van der Waals surface area (Å²) in [6.07, 6.45) is 0. The third kappa shape index (κ3) is 3.20. The van der Waals surface area contributed by atoms with Crippen molar-refractivity contribution in [2.75, 3.05) is 26.1 Å². The lowest BCUT2D eigenvalue weighted by Gasteiger charge is -2.12. The zero-order chi connectivity index (χ0) is 17.1. The van der Waals surface area contributed by atoms with Gasteiger partial charge in [-0.25, -0.2) is 0 Å². The topological polar surface area (TPSA) is 54.7 Å².